The highest BCUT2D eigenvalue weighted by molar-refractivity contribution is 7.99. The fraction of sp³-hybridized carbons (Fsp3) is 0.400. The second-order valence-electron chi connectivity index (χ2n) is 3.38. The van der Waals surface area contributed by atoms with E-state index < -0.39 is 17.7 Å². The summed E-state index contributed by atoms with van der Waals surface area (Å²) < 4.78 is 26.6. The summed E-state index contributed by atoms with van der Waals surface area (Å²) >= 11 is 1.44. The van der Waals surface area contributed by atoms with E-state index in [0.29, 0.717) is 11.3 Å². The zero-order chi connectivity index (χ0) is 10.3. The molecule has 1 heterocycles. The number of benzene rings is 1. The number of fused-ring (bicyclic) bond motifs is 1. The van der Waals surface area contributed by atoms with Gasteiger partial charge in [-0.15, -0.1) is 0 Å². The topological polar surface area (TPSA) is 20.2 Å². The van der Waals surface area contributed by atoms with Crippen LogP contribution in [0.5, 0.6) is 0 Å². The van der Waals surface area contributed by atoms with Gasteiger partial charge in [0.05, 0.1) is 6.10 Å². The summed E-state index contributed by atoms with van der Waals surface area (Å²) in [6.45, 7) is 1.81. The van der Waals surface area contributed by atoms with Gasteiger partial charge in [-0.25, -0.2) is 8.78 Å². The van der Waals surface area contributed by atoms with E-state index in [1.54, 1.807) is 0 Å². The zero-order valence-corrected chi connectivity index (χ0v) is 8.44. The molecular weight excluding hydrogens is 206 g/mol. The van der Waals surface area contributed by atoms with Crippen molar-refractivity contribution in [3.8, 4) is 0 Å². The number of hydrogen-bond acceptors (Lipinski definition) is 2. The Bertz CT molecular complexity index is 367. The van der Waals surface area contributed by atoms with E-state index in [2.05, 4.69) is 0 Å². The molecule has 0 amide bonds. The molecule has 2 rings (SSSR count). The van der Waals surface area contributed by atoms with Crippen LogP contribution in [0.3, 0.4) is 0 Å². The largest absolute Gasteiger partial charge is 0.387 e. The standard InChI is InChI=1S/C10H10F2OS/c1-5-10(13)9-6(4-14-5)7(11)2-3-8(9)12/h2-3,5,10,13H,4H2,1H3. The van der Waals surface area contributed by atoms with Crippen LogP contribution in [0.2, 0.25) is 0 Å². The minimum absolute atomic E-state index is 0.0844. The predicted octanol–water partition coefficient (Wildman–Crippen LogP) is 2.63. The van der Waals surface area contributed by atoms with Crippen molar-refractivity contribution in [1.82, 2.24) is 0 Å². The molecule has 1 nitrogen and oxygen atoms in total. The second-order valence-corrected chi connectivity index (χ2v) is 4.75. The molecule has 0 saturated carbocycles. The summed E-state index contributed by atoms with van der Waals surface area (Å²) in [5, 5.41) is 9.62. The Morgan fingerprint density at radius 1 is 1.36 bits per heavy atom. The smallest absolute Gasteiger partial charge is 0.129 e. The first-order valence-electron chi connectivity index (χ1n) is 4.37. The highest BCUT2D eigenvalue weighted by atomic mass is 32.2. The molecule has 2 atom stereocenters. The van der Waals surface area contributed by atoms with E-state index >= 15 is 0 Å². The second kappa shape index (κ2) is 3.51. The third kappa shape index (κ3) is 1.42. The zero-order valence-electron chi connectivity index (χ0n) is 7.63. The number of halogens is 2. The summed E-state index contributed by atoms with van der Waals surface area (Å²) in [5.41, 5.74) is 0.442. The third-order valence-corrected chi connectivity index (χ3v) is 3.72. The van der Waals surface area contributed by atoms with Crippen molar-refractivity contribution in [3.63, 3.8) is 0 Å². The van der Waals surface area contributed by atoms with Gasteiger partial charge in [0, 0.05) is 22.1 Å². The monoisotopic (exact) mass is 216 g/mol. The van der Waals surface area contributed by atoms with Gasteiger partial charge < -0.3 is 5.11 Å². The molecule has 1 aliphatic heterocycles. The molecule has 14 heavy (non-hydrogen) atoms. The number of hydrogen-bond donors (Lipinski definition) is 1. The molecule has 0 fully saturated rings. The van der Waals surface area contributed by atoms with Gasteiger partial charge in [-0.2, -0.15) is 11.8 Å². The maximum absolute atomic E-state index is 13.3. The highest BCUT2D eigenvalue weighted by Gasteiger charge is 2.29. The molecule has 0 saturated heterocycles. The molecule has 1 aliphatic rings. The van der Waals surface area contributed by atoms with Crippen LogP contribution in [0.4, 0.5) is 8.78 Å². The van der Waals surface area contributed by atoms with Crippen molar-refractivity contribution in [2.45, 2.75) is 24.0 Å². The number of aliphatic hydroxyl groups excluding tert-OH is 1. The van der Waals surface area contributed by atoms with Gasteiger partial charge in [0.25, 0.3) is 0 Å². The van der Waals surface area contributed by atoms with Gasteiger partial charge in [-0.3, -0.25) is 0 Å². The van der Waals surface area contributed by atoms with Crippen molar-refractivity contribution in [2.75, 3.05) is 0 Å². The van der Waals surface area contributed by atoms with Crippen molar-refractivity contribution < 1.29 is 13.9 Å². The molecule has 76 valence electrons. The quantitative estimate of drug-likeness (QED) is 0.719. The Labute approximate surface area is 85.1 Å². The van der Waals surface area contributed by atoms with Gasteiger partial charge in [-0.1, -0.05) is 6.92 Å². The summed E-state index contributed by atoms with van der Waals surface area (Å²) in [5.74, 6) is -0.516. The highest BCUT2D eigenvalue weighted by Crippen LogP contribution is 2.39. The van der Waals surface area contributed by atoms with E-state index in [0.717, 1.165) is 12.1 Å². The van der Waals surface area contributed by atoms with Crippen LogP contribution in [0.15, 0.2) is 12.1 Å². The Balaban J connectivity index is 2.58. The van der Waals surface area contributed by atoms with Crippen LogP contribution in [0, 0.1) is 11.6 Å². The van der Waals surface area contributed by atoms with Gasteiger partial charge in [0.2, 0.25) is 0 Å². The van der Waals surface area contributed by atoms with Crippen LogP contribution in [-0.4, -0.2) is 10.4 Å². The first kappa shape index (κ1) is 9.93. The molecule has 4 heteroatoms. The average molecular weight is 216 g/mol. The molecule has 1 N–H and O–H groups in total. The Kier molecular flexibility index (Phi) is 2.49. The van der Waals surface area contributed by atoms with Gasteiger partial charge in [0.15, 0.2) is 0 Å². The third-order valence-electron chi connectivity index (χ3n) is 2.48. The summed E-state index contributed by atoms with van der Waals surface area (Å²) in [7, 11) is 0. The fourth-order valence-corrected chi connectivity index (χ4v) is 2.66. The predicted molar refractivity (Wildman–Crippen MR) is 52.1 cm³/mol. The molecule has 1 aromatic carbocycles. The molecule has 0 radical (unpaired) electrons. The lowest BCUT2D eigenvalue weighted by atomic mass is 9.99. The van der Waals surface area contributed by atoms with E-state index in [-0.39, 0.29) is 10.8 Å². The van der Waals surface area contributed by atoms with E-state index in [9.17, 15) is 13.9 Å². The van der Waals surface area contributed by atoms with Crippen LogP contribution >= 0.6 is 11.8 Å². The molecule has 2 unspecified atom stereocenters. The summed E-state index contributed by atoms with van der Waals surface area (Å²) in [4.78, 5) is 0. The summed E-state index contributed by atoms with van der Waals surface area (Å²) in [6.07, 6.45) is -0.903. The lowest BCUT2D eigenvalue weighted by molar-refractivity contribution is 0.171. The number of thioether (sulfide) groups is 1. The lowest BCUT2D eigenvalue weighted by Gasteiger charge is -2.27. The van der Waals surface area contributed by atoms with Crippen LogP contribution in [0.1, 0.15) is 24.2 Å². The normalized spacial score (nSPS) is 26.0. The SMILES string of the molecule is CC1SCc2c(F)ccc(F)c2C1O. The van der Waals surface area contributed by atoms with Crippen LogP contribution < -0.4 is 0 Å². The minimum Gasteiger partial charge on any atom is -0.387 e. The fourth-order valence-electron chi connectivity index (χ4n) is 1.62. The summed E-state index contributed by atoms with van der Waals surface area (Å²) in [6, 6.07) is 2.18. The molecule has 1 aromatic rings. The van der Waals surface area contributed by atoms with E-state index in [1.165, 1.54) is 11.8 Å². The maximum Gasteiger partial charge on any atom is 0.129 e. The number of aliphatic hydroxyl groups is 1. The minimum atomic E-state index is -0.903. The molecule has 0 bridgehead atoms. The average Bonchev–Trinajstić information content (AvgIpc) is 2.16. The van der Waals surface area contributed by atoms with Crippen molar-refractivity contribution in [2.24, 2.45) is 0 Å². The molecule has 0 aliphatic carbocycles. The van der Waals surface area contributed by atoms with E-state index in [1.807, 2.05) is 6.92 Å². The van der Waals surface area contributed by atoms with Crippen molar-refractivity contribution in [1.29, 1.82) is 0 Å². The lowest BCUT2D eigenvalue weighted by Crippen LogP contribution is -2.20. The first-order chi connectivity index (χ1) is 6.61. The van der Waals surface area contributed by atoms with Crippen LogP contribution in [-0.2, 0) is 5.75 Å². The molecule has 0 aromatic heterocycles. The van der Waals surface area contributed by atoms with Gasteiger partial charge in [0.1, 0.15) is 11.6 Å². The van der Waals surface area contributed by atoms with Gasteiger partial charge >= 0.3 is 0 Å². The van der Waals surface area contributed by atoms with Crippen LogP contribution in [0.25, 0.3) is 0 Å². The van der Waals surface area contributed by atoms with E-state index in [4.69, 9.17) is 0 Å². The van der Waals surface area contributed by atoms with Crippen molar-refractivity contribution in [3.05, 3.63) is 34.9 Å². The maximum atomic E-state index is 13.3. The Morgan fingerprint density at radius 3 is 2.71 bits per heavy atom. The Morgan fingerprint density at radius 2 is 2.00 bits per heavy atom. The van der Waals surface area contributed by atoms with Crippen molar-refractivity contribution >= 4 is 11.8 Å². The first-order valence-corrected chi connectivity index (χ1v) is 5.42. The molecular formula is C10H10F2OS. The molecule has 0 spiro atoms. The Hall–Kier alpha value is -0.610. The van der Waals surface area contributed by atoms with Gasteiger partial charge in [-0.05, 0) is 12.1 Å². The number of rotatable bonds is 0.